The van der Waals surface area contributed by atoms with Crippen LogP contribution in [0.4, 0.5) is 0 Å². The molecule has 0 aromatic carbocycles. The lowest BCUT2D eigenvalue weighted by Gasteiger charge is -2.23. The highest BCUT2D eigenvalue weighted by atomic mass is 16.5. The first-order chi connectivity index (χ1) is 8.08. The van der Waals surface area contributed by atoms with Crippen molar-refractivity contribution in [2.75, 3.05) is 33.3 Å². The topological polar surface area (TPSA) is 49.9 Å². The molecule has 0 bridgehead atoms. The number of carbonyl (C=O) groups excluding carboxylic acids is 2. The number of esters is 1. The molecule has 5 heteroatoms. The van der Waals surface area contributed by atoms with E-state index >= 15 is 0 Å². The lowest BCUT2D eigenvalue weighted by atomic mass is 10.4. The number of ether oxygens (including phenoxy) is 1. The Labute approximate surface area is 103 Å². The molecule has 5 nitrogen and oxygen atoms in total. The van der Waals surface area contributed by atoms with Crippen LogP contribution in [0.15, 0.2) is 0 Å². The van der Waals surface area contributed by atoms with E-state index in [1.54, 1.807) is 16.7 Å². The average Bonchev–Trinajstić information content (AvgIpc) is 3.11. The summed E-state index contributed by atoms with van der Waals surface area (Å²) in [6.07, 6.45) is 2.21. The number of nitrogens with zero attached hydrogens (tertiary/aromatic N) is 2. The molecule has 0 atom stereocenters. The molecule has 0 aromatic rings. The van der Waals surface area contributed by atoms with Crippen LogP contribution >= 0.6 is 0 Å². The molecule has 17 heavy (non-hydrogen) atoms. The van der Waals surface area contributed by atoms with Gasteiger partial charge in [0.1, 0.15) is 0 Å². The average molecular weight is 242 g/mol. The summed E-state index contributed by atoms with van der Waals surface area (Å²) < 4.78 is 4.87. The van der Waals surface area contributed by atoms with Gasteiger partial charge in [0.15, 0.2) is 0 Å². The van der Waals surface area contributed by atoms with Gasteiger partial charge in [-0.25, -0.2) is 0 Å². The summed E-state index contributed by atoms with van der Waals surface area (Å²) in [4.78, 5) is 26.8. The van der Waals surface area contributed by atoms with Crippen LogP contribution in [0, 0.1) is 0 Å². The van der Waals surface area contributed by atoms with E-state index in [0.717, 1.165) is 12.8 Å². The molecule has 0 radical (unpaired) electrons. The van der Waals surface area contributed by atoms with E-state index in [1.807, 2.05) is 14.0 Å². The van der Waals surface area contributed by atoms with Gasteiger partial charge >= 0.3 is 5.97 Å². The van der Waals surface area contributed by atoms with Gasteiger partial charge in [-0.05, 0) is 26.3 Å². The van der Waals surface area contributed by atoms with Gasteiger partial charge in [-0.15, -0.1) is 0 Å². The summed E-state index contributed by atoms with van der Waals surface area (Å²) in [6, 6.07) is 0.420. The first-order valence-electron chi connectivity index (χ1n) is 6.22. The van der Waals surface area contributed by atoms with Crippen molar-refractivity contribution in [1.82, 2.24) is 9.80 Å². The quantitative estimate of drug-likeness (QED) is 0.610. The molecule has 0 unspecified atom stereocenters. The maximum absolute atomic E-state index is 11.9. The molecule has 0 spiro atoms. The zero-order valence-electron chi connectivity index (χ0n) is 10.9. The maximum atomic E-state index is 11.9. The van der Waals surface area contributed by atoms with E-state index in [0.29, 0.717) is 25.7 Å². The summed E-state index contributed by atoms with van der Waals surface area (Å²) in [6.45, 7) is 5.25. The van der Waals surface area contributed by atoms with Crippen LogP contribution < -0.4 is 0 Å². The third-order valence-corrected chi connectivity index (χ3v) is 2.95. The van der Waals surface area contributed by atoms with Crippen LogP contribution in [0.5, 0.6) is 0 Å². The zero-order valence-corrected chi connectivity index (χ0v) is 10.9. The van der Waals surface area contributed by atoms with E-state index < -0.39 is 0 Å². The number of carbonyl (C=O) groups is 2. The Hall–Kier alpha value is -1.10. The smallest absolute Gasteiger partial charge is 0.320 e. The minimum absolute atomic E-state index is 0.0821. The fourth-order valence-corrected chi connectivity index (χ4v) is 1.64. The highest BCUT2D eigenvalue weighted by molar-refractivity contribution is 5.79. The van der Waals surface area contributed by atoms with Gasteiger partial charge in [0.25, 0.3) is 0 Å². The third-order valence-electron chi connectivity index (χ3n) is 2.95. The molecular weight excluding hydrogens is 220 g/mol. The lowest BCUT2D eigenvalue weighted by Crippen LogP contribution is -2.41. The molecule has 1 saturated carbocycles. The van der Waals surface area contributed by atoms with Crippen molar-refractivity contribution in [3.05, 3.63) is 0 Å². The second kappa shape index (κ2) is 6.59. The number of amides is 1. The predicted octanol–water partition coefficient (Wildman–Crippen LogP) is 0.492. The minimum Gasteiger partial charge on any atom is -0.465 e. The minimum atomic E-state index is -0.267. The largest absolute Gasteiger partial charge is 0.465 e. The molecule has 1 amide bonds. The molecular formula is C12H22N2O3. The zero-order chi connectivity index (χ0) is 12.8. The molecule has 1 fully saturated rings. The number of rotatable bonds is 7. The molecule has 0 aliphatic heterocycles. The van der Waals surface area contributed by atoms with Crippen LogP contribution in [-0.2, 0) is 14.3 Å². The molecule has 1 aliphatic carbocycles. The third kappa shape index (κ3) is 4.73. The monoisotopic (exact) mass is 242 g/mol. The van der Waals surface area contributed by atoms with Crippen LogP contribution in [0.25, 0.3) is 0 Å². The summed E-state index contributed by atoms with van der Waals surface area (Å²) in [5.74, 6) is -0.185. The first kappa shape index (κ1) is 14.0. The molecule has 0 heterocycles. The second-order valence-electron chi connectivity index (χ2n) is 4.34. The molecule has 0 aromatic heterocycles. The van der Waals surface area contributed by atoms with Gasteiger partial charge in [-0.2, -0.15) is 0 Å². The Kier molecular flexibility index (Phi) is 5.41. The fourth-order valence-electron chi connectivity index (χ4n) is 1.64. The molecule has 0 N–H and O–H groups in total. The van der Waals surface area contributed by atoms with Crippen LogP contribution in [0.1, 0.15) is 26.7 Å². The van der Waals surface area contributed by atoms with E-state index in [1.165, 1.54) is 0 Å². The van der Waals surface area contributed by atoms with E-state index in [2.05, 4.69) is 0 Å². The SMILES string of the molecule is CCOC(=O)CN(CC)CC(=O)N(C)C1CC1. The summed E-state index contributed by atoms with van der Waals surface area (Å²) in [5.41, 5.74) is 0. The van der Waals surface area contributed by atoms with E-state index in [9.17, 15) is 9.59 Å². The summed E-state index contributed by atoms with van der Waals surface area (Å²) in [7, 11) is 1.83. The number of hydrogen-bond donors (Lipinski definition) is 0. The van der Waals surface area contributed by atoms with Gasteiger partial charge in [-0.3, -0.25) is 14.5 Å². The molecule has 1 rings (SSSR count). The van der Waals surface area contributed by atoms with Crippen LogP contribution in [-0.4, -0.2) is 61.0 Å². The Morgan fingerprint density at radius 2 is 1.88 bits per heavy atom. The van der Waals surface area contributed by atoms with Crippen molar-refractivity contribution in [1.29, 1.82) is 0 Å². The van der Waals surface area contributed by atoms with Crippen molar-refractivity contribution in [3.63, 3.8) is 0 Å². The van der Waals surface area contributed by atoms with Crippen LogP contribution in [0.3, 0.4) is 0 Å². The van der Waals surface area contributed by atoms with Crippen molar-refractivity contribution in [2.45, 2.75) is 32.7 Å². The standard InChI is InChI=1S/C12H22N2O3/c1-4-14(9-12(16)17-5-2)8-11(15)13(3)10-6-7-10/h10H,4-9H2,1-3H3. The predicted molar refractivity (Wildman–Crippen MR) is 64.5 cm³/mol. The van der Waals surface area contributed by atoms with Gasteiger partial charge in [0, 0.05) is 13.1 Å². The van der Waals surface area contributed by atoms with E-state index in [-0.39, 0.29) is 18.4 Å². The van der Waals surface area contributed by atoms with Gasteiger partial charge in [0.05, 0.1) is 19.7 Å². The molecule has 1 aliphatic rings. The Morgan fingerprint density at radius 1 is 1.24 bits per heavy atom. The molecule has 98 valence electrons. The maximum Gasteiger partial charge on any atom is 0.320 e. The molecule has 0 saturated heterocycles. The van der Waals surface area contributed by atoms with Crippen LogP contribution in [0.2, 0.25) is 0 Å². The Morgan fingerprint density at radius 3 is 2.35 bits per heavy atom. The Balaban J connectivity index is 2.34. The van der Waals surface area contributed by atoms with Crippen molar-refractivity contribution in [3.8, 4) is 0 Å². The fraction of sp³-hybridized carbons (Fsp3) is 0.833. The van der Waals surface area contributed by atoms with E-state index in [4.69, 9.17) is 4.74 Å². The summed E-state index contributed by atoms with van der Waals surface area (Å²) >= 11 is 0. The highest BCUT2D eigenvalue weighted by Crippen LogP contribution is 2.25. The number of likely N-dealkylation sites (N-methyl/N-ethyl adjacent to an activating group) is 2. The summed E-state index contributed by atoms with van der Waals surface area (Å²) in [5, 5.41) is 0. The number of hydrogen-bond acceptors (Lipinski definition) is 4. The first-order valence-corrected chi connectivity index (χ1v) is 6.22. The Bertz CT molecular complexity index is 277. The van der Waals surface area contributed by atoms with Crippen molar-refractivity contribution in [2.24, 2.45) is 0 Å². The lowest BCUT2D eigenvalue weighted by molar-refractivity contribution is -0.145. The van der Waals surface area contributed by atoms with Gasteiger partial charge < -0.3 is 9.64 Å². The normalized spacial score (nSPS) is 14.8. The second-order valence-corrected chi connectivity index (χ2v) is 4.34. The van der Waals surface area contributed by atoms with Gasteiger partial charge in [0.2, 0.25) is 5.91 Å². The van der Waals surface area contributed by atoms with Crippen molar-refractivity contribution >= 4 is 11.9 Å². The highest BCUT2D eigenvalue weighted by Gasteiger charge is 2.30. The van der Waals surface area contributed by atoms with Crippen molar-refractivity contribution < 1.29 is 14.3 Å². The van der Waals surface area contributed by atoms with Gasteiger partial charge in [-0.1, -0.05) is 6.92 Å².